The van der Waals surface area contributed by atoms with Crippen LogP contribution in [0, 0.1) is 17.3 Å². The number of methoxy groups -OCH3 is 1. The van der Waals surface area contributed by atoms with Crippen LogP contribution in [-0.2, 0) is 14.3 Å². The number of nitrogens with zero attached hydrogens (tertiary/aromatic N) is 1. The van der Waals surface area contributed by atoms with Gasteiger partial charge >= 0.3 is 5.97 Å². The van der Waals surface area contributed by atoms with E-state index in [2.05, 4.69) is 17.2 Å². The molecule has 1 saturated heterocycles. The monoisotopic (exact) mass is 392 g/mol. The van der Waals surface area contributed by atoms with Crippen LogP contribution >= 0.6 is 11.3 Å². The Hall–Kier alpha value is -2.04. The summed E-state index contributed by atoms with van der Waals surface area (Å²) in [6, 6.07) is 1.41. The number of hydrogen-bond acceptors (Lipinski definition) is 6. The second kappa shape index (κ2) is 9.25. The lowest BCUT2D eigenvalue weighted by Crippen LogP contribution is -2.47. The third kappa shape index (κ3) is 5.98. The Bertz CT molecular complexity index is 733. The number of esters is 1. The molecule has 1 fully saturated rings. The molecular weight excluding hydrogens is 364 g/mol. The summed E-state index contributed by atoms with van der Waals surface area (Å²) in [6.07, 6.45) is 0.607. The van der Waals surface area contributed by atoms with Crippen molar-refractivity contribution in [2.75, 3.05) is 38.7 Å². The molecule has 1 amide bonds. The third-order valence-corrected chi connectivity index (χ3v) is 5.05. The van der Waals surface area contributed by atoms with Gasteiger partial charge in [-0.05, 0) is 33.3 Å². The molecule has 148 valence electrons. The summed E-state index contributed by atoms with van der Waals surface area (Å²) in [6.45, 7) is 10.3. The summed E-state index contributed by atoms with van der Waals surface area (Å²) in [5.41, 5.74) is 0.458. The van der Waals surface area contributed by atoms with Crippen LogP contribution in [-0.4, -0.2) is 56.2 Å². The smallest absolute Gasteiger partial charge is 0.350 e. The van der Waals surface area contributed by atoms with Crippen molar-refractivity contribution in [1.82, 2.24) is 4.90 Å². The number of amides is 1. The van der Waals surface area contributed by atoms with E-state index in [-0.39, 0.29) is 11.3 Å². The van der Waals surface area contributed by atoms with Gasteiger partial charge in [-0.2, -0.15) is 0 Å². The molecule has 27 heavy (non-hydrogen) atoms. The number of anilines is 1. The summed E-state index contributed by atoms with van der Waals surface area (Å²) in [5.74, 6) is 5.87. The van der Waals surface area contributed by atoms with E-state index in [1.54, 1.807) is 4.90 Å². The van der Waals surface area contributed by atoms with Crippen molar-refractivity contribution in [3.8, 4) is 11.8 Å². The van der Waals surface area contributed by atoms with Crippen molar-refractivity contribution in [2.24, 2.45) is 5.41 Å². The lowest BCUT2D eigenvalue weighted by Gasteiger charge is -2.30. The molecule has 1 aromatic heterocycles. The Balaban J connectivity index is 2.25. The van der Waals surface area contributed by atoms with Crippen LogP contribution in [0.1, 0.15) is 48.7 Å². The Morgan fingerprint density at radius 3 is 2.59 bits per heavy atom. The highest BCUT2D eigenvalue weighted by molar-refractivity contribution is 7.15. The molecule has 1 atom stereocenters. The lowest BCUT2D eigenvalue weighted by atomic mass is 9.98. The molecule has 7 heteroatoms. The van der Waals surface area contributed by atoms with Gasteiger partial charge in [0.05, 0.1) is 30.9 Å². The maximum absolute atomic E-state index is 12.8. The highest BCUT2D eigenvalue weighted by atomic mass is 32.1. The molecule has 6 nitrogen and oxygen atoms in total. The first-order valence-electron chi connectivity index (χ1n) is 9.13. The van der Waals surface area contributed by atoms with Gasteiger partial charge in [-0.25, -0.2) is 4.79 Å². The van der Waals surface area contributed by atoms with E-state index in [4.69, 9.17) is 9.47 Å². The number of thiophene rings is 1. The minimum absolute atomic E-state index is 0.0186. The summed E-state index contributed by atoms with van der Waals surface area (Å²) in [4.78, 5) is 28.0. The van der Waals surface area contributed by atoms with E-state index in [1.165, 1.54) is 18.4 Å². The summed E-state index contributed by atoms with van der Waals surface area (Å²) >= 11 is 1.28. The minimum Gasteiger partial charge on any atom is -0.465 e. The first kappa shape index (κ1) is 21.3. The molecular formula is C20H28N2O4S. The molecule has 1 aliphatic rings. The quantitative estimate of drug-likeness (QED) is 0.616. The van der Waals surface area contributed by atoms with Crippen molar-refractivity contribution in [1.29, 1.82) is 0 Å². The number of carbonyl (C=O) groups excluding carboxylic acids is 2. The van der Waals surface area contributed by atoms with E-state index >= 15 is 0 Å². The number of morpholine rings is 1. The molecule has 2 heterocycles. The average Bonchev–Trinajstić information content (AvgIpc) is 3.06. The standard InChI is InChI=1S/C20H28N2O4S/c1-6-15(18(23)22-9-11-26-12-10-22)21-16-13-14(7-8-20(2,3)4)27-17(16)19(24)25-5/h13,15,21H,6,9-12H2,1-5H3/t15-/m1/s1. The molecule has 0 spiro atoms. The van der Waals surface area contributed by atoms with Gasteiger partial charge in [0, 0.05) is 18.5 Å². The number of nitrogens with one attached hydrogen (secondary N) is 1. The van der Waals surface area contributed by atoms with Gasteiger partial charge in [0.2, 0.25) is 5.91 Å². The maximum Gasteiger partial charge on any atom is 0.350 e. The first-order valence-corrected chi connectivity index (χ1v) is 9.95. The second-order valence-corrected chi connectivity index (χ2v) is 8.44. The number of rotatable bonds is 5. The van der Waals surface area contributed by atoms with E-state index in [9.17, 15) is 9.59 Å². The van der Waals surface area contributed by atoms with E-state index in [1.807, 2.05) is 33.8 Å². The Morgan fingerprint density at radius 2 is 2.04 bits per heavy atom. The fraction of sp³-hybridized carbons (Fsp3) is 0.600. The zero-order valence-electron chi connectivity index (χ0n) is 16.7. The van der Waals surface area contributed by atoms with E-state index in [0.717, 1.165) is 4.88 Å². The van der Waals surface area contributed by atoms with Crippen molar-refractivity contribution in [3.63, 3.8) is 0 Å². The minimum atomic E-state index is -0.431. The number of hydrogen-bond donors (Lipinski definition) is 1. The Labute approximate surface area is 165 Å². The summed E-state index contributed by atoms with van der Waals surface area (Å²) in [7, 11) is 1.35. The largest absolute Gasteiger partial charge is 0.465 e. The molecule has 0 aliphatic carbocycles. The van der Waals surface area contributed by atoms with Gasteiger partial charge in [-0.15, -0.1) is 11.3 Å². The summed E-state index contributed by atoms with van der Waals surface area (Å²) in [5, 5.41) is 3.24. The van der Waals surface area contributed by atoms with Crippen molar-refractivity contribution in [3.05, 3.63) is 15.8 Å². The molecule has 0 saturated carbocycles. The van der Waals surface area contributed by atoms with E-state index < -0.39 is 12.0 Å². The third-order valence-electron chi connectivity index (χ3n) is 4.02. The molecule has 0 radical (unpaired) electrons. The normalized spacial score (nSPS) is 15.5. The molecule has 0 aromatic carbocycles. The number of ether oxygens (including phenoxy) is 2. The number of carbonyl (C=O) groups is 2. The molecule has 0 unspecified atom stereocenters. The average molecular weight is 393 g/mol. The van der Waals surface area contributed by atoms with E-state index in [0.29, 0.717) is 43.3 Å². The highest BCUT2D eigenvalue weighted by Crippen LogP contribution is 2.29. The zero-order chi connectivity index (χ0) is 20.0. The predicted molar refractivity (Wildman–Crippen MR) is 107 cm³/mol. The van der Waals surface area contributed by atoms with Crippen LogP contribution in [0.3, 0.4) is 0 Å². The molecule has 1 aliphatic heterocycles. The fourth-order valence-corrected chi connectivity index (χ4v) is 3.48. The van der Waals surface area contributed by atoms with Crippen LogP contribution in [0.2, 0.25) is 0 Å². The Morgan fingerprint density at radius 1 is 1.37 bits per heavy atom. The maximum atomic E-state index is 12.8. The highest BCUT2D eigenvalue weighted by Gasteiger charge is 2.27. The molecule has 1 N–H and O–H groups in total. The van der Waals surface area contributed by atoms with Crippen LogP contribution in [0.5, 0.6) is 0 Å². The lowest BCUT2D eigenvalue weighted by molar-refractivity contribution is -0.136. The predicted octanol–water partition coefficient (Wildman–Crippen LogP) is 2.98. The topological polar surface area (TPSA) is 67.9 Å². The van der Waals surface area contributed by atoms with Crippen molar-refractivity contribution < 1.29 is 19.1 Å². The van der Waals surface area contributed by atoms with Gasteiger partial charge < -0.3 is 19.7 Å². The molecule has 2 rings (SSSR count). The summed E-state index contributed by atoms with van der Waals surface area (Å²) < 4.78 is 10.2. The van der Waals surface area contributed by atoms with Crippen molar-refractivity contribution in [2.45, 2.75) is 40.2 Å². The van der Waals surface area contributed by atoms with Gasteiger partial charge in [-0.3, -0.25) is 4.79 Å². The molecule has 1 aromatic rings. The fourth-order valence-electron chi connectivity index (χ4n) is 2.58. The van der Waals surface area contributed by atoms with Gasteiger partial charge in [0.1, 0.15) is 10.9 Å². The van der Waals surface area contributed by atoms with Gasteiger partial charge in [0.25, 0.3) is 0 Å². The van der Waals surface area contributed by atoms with Gasteiger partial charge in [0.15, 0.2) is 0 Å². The van der Waals surface area contributed by atoms with Gasteiger partial charge in [-0.1, -0.05) is 18.8 Å². The second-order valence-electron chi connectivity index (χ2n) is 7.39. The Kier molecular flexibility index (Phi) is 7.28. The first-order chi connectivity index (χ1) is 12.7. The van der Waals surface area contributed by atoms with Crippen molar-refractivity contribution >= 4 is 28.9 Å². The van der Waals surface area contributed by atoms with Crippen LogP contribution < -0.4 is 5.32 Å². The SMILES string of the molecule is CC[C@@H](Nc1cc(C#CC(C)(C)C)sc1C(=O)OC)C(=O)N1CCOCC1. The van der Waals surface area contributed by atoms with Crippen LogP contribution in [0.25, 0.3) is 0 Å². The molecule has 0 bridgehead atoms. The zero-order valence-corrected chi connectivity index (χ0v) is 17.5. The van der Waals surface area contributed by atoms with Crippen LogP contribution in [0.15, 0.2) is 6.07 Å². The van der Waals surface area contributed by atoms with Crippen LogP contribution in [0.4, 0.5) is 5.69 Å².